The van der Waals surface area contributed by atoms with Gasteiger partial charge in [-0.25, -0.2) is 0 Å². The summed E-state index contributed by atoms with van der Waals surface area (Å²) in [5, 5.41) is 2.10. The van der Waals surface area contributed by atoms with Crippen molar-refractivity contribution in [3.8, 4) is 0 Å². The lowest BCUT2D eigenvalue weighted by atomic mass is 10.2. The van der Waals surface area contributed by atoms with Gasteiger partial charge in [0.05, 0.1) is 16.8 Å². The minimum absolute atomic E-state index is 0.112. The van der Waals surface area contributed by atoms with Crippen LogP contribution < -0.4 is 5.73 Å². The fourth-order valence-electron chi connectivity index (χ4n) is 2.01. The summed E-state index contributed by atoms with van der Waals surface area (Å²) in [5.41, 5.74) is 5.92. The van der Waals surface area contributed by atoms with Crippen LogP contribution >= 0.6 is 27.3 Å². The lowest BCUT2D eigenvalue weighted by Crippen LogP contribution is -2.33. The van der Waals surface area contributed by atoms with E-state index in [0.717, 1.165) is 23.3 Å². The van der Waals surface area contributed by atoms with Crippen LogP contribution in [-0.2, 0) is 6.54 Å². The van der Waals surface area contributed by atoms with Crippen LogP contribution in [0.5, 0.6) is 0 Å². The molecule has 0 saturated heterocycles. The molecule has 2 rings (SSSR count). The van der Waals surface area contributed by atoms with Crippen molar-refractivity contribution < 1.29 is 4.42 Å². The summed E-state index contributed by atoms with van der Waals surface area (Å²) in [6, 6.07) is 6.25. The number of furan rings is 1. The summed E-state index contributed by atoms with van der Waals surface area (Å²) in [6.45, 7) is 4.54. The Hall–Kier alpha value is -0.620. The van der Waals surface area contributed by atoms with Gasteiger partial charge >= 0.3 is 0 Å². The van der Waals surface area contributed by atoms with Gasteiger partial charge in [0.2, 0.25) is 0 Å². The van der Waals surface area contributed by atoms with E-state index in [4.69, 9.17) is 10.2 Å². The Labute approximate surface area is 120 Å². The molecule has 5 heteroatoms. The molecule has 2 N–H and O–H groups in total. The standard InChI is InChI=1S/C13H17BrN2OS/c1-2-16(9-10-4-3-7-18-10)12(8-15)13-11(14)5-6-17-13/h3-7,12H,2,8-9,15H2,1H3. The van der Waals surface area contributed by atoms with Crippen molar-refractivity contribution in [1.82, 2.24) is 4.90 Å². The van der Waals surface area contributed by atoms with Crippen LogP contribution in [0.3, 0.4) is 0 Å². The Morgan fingerprint density at radius 3 is 2.83 bits per heavy atom. The number of halogens is 1. The van der Waals surface area contributed by atoms with E-state index in [2.05, 4.69) is 45.3 Å². The van der Waals surface area contributed by atoms with E-state index in [1.54, 1.807) is 17.6 Å². The predicted molar refractivity (Wildman–Crippen MR) is 78.6 cm³/mol. The lowest BCUT2D eigenvalue weighted by molar-refractivity contribution is 0.181. The van der Waals surface area contributed by atoms with E-state index < -0.39 is 0 Å². The Balaban J connectivity index is 2.16. The summed E-state index contributed by atoms with van der Waals surface area (Å²) in [6.07, 6.45) is 1.70. The van der Waals surface area contributed by atoms with E-state index in [9.17, 15) is 0 Å². The molecule has 1 unspecified atom stereocenters. The molecule has 2 heterocycles. The number of nitrogens with zero attached hydrogens (tertiary/aromatic N) is 1. The molecule has 0 bridgehead atoms. The average Bonchev–Trinajstić information content (AvgIpc) is 3.01. The highest BCUT2D eigenvalue weighted by molar-refractivity contribution is 9.10. The number of thiophene rings is 1. The SMILES string of the molecule is CCN(Cc1cccs1)C(CN)c1occc1Br. The van der Waals surface area contributed by atoms with Crippen LogP contribution in [-0.4, -0.2) is 18.0 Å². The number of nitrogens with two attached hydrogens (primary N) is 1. The van der Waals surface area contributed by atoms with Gasteiger partial charge in [-0.05, 0) is 40.0 Å². The van der Waals surface area contributed by atoms with Gasteiger partial charge in [0.25, 0.3) is 0 Å². The Morgan fingerprint density at radius 1 is 1.50 bits per heavy atom. The topological polar surface area (TPSA) is 42.4 Å². The van der Waals surface area contributed by atoms with E-state index in [1.165, 1.54) is 4.88 Å². The van der Waals surface area contributed by atoms with Crippen LogP contribution in [0.2, 0.25) is 0 Å². The molecule has 0 aliphatic heterocycles. The van der Waals surface area contributed by atoms with Crippen LogP contribution in [0.25, 0.3) is 0 Å². The monoisotopic (exact) mass is 328 g/mol. The average molecular weight is 329 g/mol. The zero-order valence-corrected chi connectivity index (χ0v) is 12.7. The molecule has 0 aliphatic rings. The number of rotatable bonds is 6. The molecule has 0 amide bonds. The van der Waals surface area contributed by atoms with Gasteiger partial charge in [-0.1, -0.05) is 13.0 Å². The lowest BCUT2D eigenvalue weighted by Gasteiger charge is -2.28. The third kappa shape index (κ3) is 3.03. The van der Waals surface area contributed by atoms with E-state index in [1.807, 2.05) is 6.07 Å². The molecule has 0 aromatic carbocycles. The largest absolute Gasteiger partial charge is 0.466 e. The highest BCUT2D eigenvalue weighted by Gasteiger charge is 2.23. The first kappa shape index (κ1) is 13.8. The minimum atomic E-state index is 0.112. The van der Waals surface area contributed by atoms with Crippen LogP contribution in [0.4, 0.5) is 0 Å². The first-order valence-electron chi connectivity index (χ1n) is 5.95. The van der Waals surface area contributed by atoms with Gasteiger partial charge < -0.3 is 10.2 Å². The quantitative estimate of drug-likeness (QED) is 0.880. The summed E-state index contributed by atoms with van der Waals surface area (Å²) in [5.74, 6) is 0.913. The molecule has 0 fully saturated rings. The van der Waals surface area contributed by atoms with E-state index in [-0.39, 0.29) is 6.04 Å². The van der Waals surface area contributed by atoms with Crippen molar-refractivity contribution in [3.63, 3.8) is 0 Å². The van der Waals surface area contributed by atoms with E-state index in [0.29, 0.717) is 6.54 Å². The highest BCUT2D eigenvalue weighted by Crippen LogP contribution is 2.29. The molecule has 0 saturated carbocycles. The van der Waals surface area contributed by atoms with E-state index >= 15 is 0 Å². The Bertz CT molecular complexity index is 469. The molecule has 3 nitrogen and oxygen atoms in total. The second-order valence-electron chi connectivity index (χ2n) is 4.03. The maximum absolute atomic E-state index is 5.92. The molecule has 2 aromatic rings. The maximum Gasteiger partial charge on any atom is 0.136 e. The fourth-order valence-corrected chi connectivity index (χ4v) is 3.21. The number of likely N-dealkylation sites (N-methyl/N-ethyl adjacent to an activating group) is 1. The molecule has 0 aliphatic carbocycles. The summed E-state index contributed by atoms with van der Waals surface area (Å²) < 4.78 is 6.54. The molecule has 98 valence electrons. The predicted octanol–water partition coefficient (Wildman–Crippen LogP) is 3.63. The summed E-state index contributed by atoms with van der Waals surface area (Å²) in [4.78, 5) is 3.67. The molecule has 2 aromatic heterocycles. The molecular weight excluding hydrogens is 312 g/mol. The zero-order valence-electron chi connectivity index (χ0n) is 10.3. The second-order valence-corrected chi connectivity index (χ2v) is 5.91. The van der Waals surface area contributed by atoms with Gasteiger partial charge in [-0.2, -0.15) is 0 Å². The minimum Gasteiger partial charge on any atom is -0.466 e. The van der Waals surface area contributed by atoms with Crippen molar-refractivity contribution in [2.45, 2.75) is 19.5 Å². The zero-order chi connectivity index (χ0) is 13.0. The van der Waals surface area contributed by atoms with Crippen LogP contribution in [0, 0.1) is 0 Å². The van der Waals surface area contributed by atoms with Crippen molar-refractivity contribution >= 4 is 27.3 Å². The van der Waals surface area contributed by atoms with Gasteiger partial charge in [0.15, 0.2) is 0 Å². The second kappa shape index (κ2) is 6.52. The van der Waals surface area contributed by atoms with Crippen LogP contribution in [0.15, 0.2) is 38.7 Å². The van der Waals surface area contributed by atoms with Crippen molar-refractivity contribution in [2.24, 2.45) is 5.73 Å². The summed E-state index contributed by atoms with van der Waals surface area (Å²) >= 11 is 5.28. The third-order valence-corrected chi connectivity index (χ3v) is 4.47. The van der Waals surface area contributed by atoms with Crippen molar-refractivity contribution in [1.29, 1.82) is 0 Å². The smallest absolute Gasteiger partial charge is 0.136 e. The van der Waals surface area contributed by atoms with Gasteiger partial charge in [-0.15, -0.1) is 11.3 Å². The normalized spacial score (nSPS) is 13.1. The first-order chi connectivity index (χ1) is 8.76. The Kier molecular flexibility index (Phi) is 5.00. The number of hydrogen-bond acceptors (Lipinski definition) is 4. The van der Waals surface area contributed by atoms with Crippen molar-refractivity contribution in [2.75, 3.05) is 13.1 Å². The highest BCUT2D eigenvalue weighted by atomic mass is 79.9. The van der Waals surface area contributed by atoms with Crippen LogP contribution in [0.1, 0.15) is 23.6 Å². The van der Waals surface area contributed by atoms with Gasteiger partial charge in [-0.3, -0.25) is 4.90 Å². The summed E-state index contributed by atoms with van der Waals surface area (Å²) in [7, 11) is 0. The molecule has 0 radical (unpaired) electrons. The molecule has 18 heavy (non-hydrogen) atoms. The molecule has 0 spiro atoms. The van der Waals surface area contributed by atoms with Gasteiger partial charge in [0.1, 0.15) is 5.76 Å². The number of hydrogen-bond donors (Lipinski definition) is 1. The Morgan fingerprint density at radius 2 is 2.33 bits per heavy atom. The molecule has 1 atom stereocenters. The van der Waals surface area contributed by atoms with Gasteiger partial charge in [0, 0.05) is 18.0 Å². The van der Waals surface area contributed by atoms with Crippen molar-refractivity contribution in [3.05, 3.63) is 45.0 Å². The maximum atomic E-state index is 5.92. The first-order valence-corrected chi connectivity index (χ1v) is 7.63. The fraction of sp³-hybridized carbons (Fsp3) is 0.385. The molecular formula is C13H17BrN2OS. The third-order valence-electron chi connectivity index (χ3n) is 2.96.